The number of nitrogens with zero attached hydrogens (tertiary/aromatic N) is 1. The van der Waals surface area contributed by atoms with Crippen LogP contribution in [0.1, 0.15) is 19.4 Å². The van der Waals surface area contributed by atoms with Gasteiger partial charge in [0.25, 0.3) is 0 Å². The summed E-state index contributed by atoms with van der Waals surface area (Å²) >= 11 is 11.8. The predicted molar refractivity (Wildman–Crippen MR) is 86.7 cm³/mol. The molecule has 0 aromatic heterocycles. The summed E-state index contributed by atoms with van der Waals surface area (Å²) in [6.07, 6.45) is 1.69. The lowest BCUT2D eigenvalue weighted by molar-refractivity contribution is 0.334. The number of sulfone groups is 1. The second kappa shape index (κ2) is 6.67. The van der Waals surface area contributed by atoms with Gasteiger partial charge in [-0.25, -0.2) is 8.42 Å². The molecule has 20 heavy (non-hydrogen) atoms. The molecule has 0 aliphatic carbocycles. The van der Waals surface area contributed by atoms with Crippen LogP contribution in [0.4, 0.5) is 0 Å². The van der Waals surface area contributed by atoms with Gasteiger partial charge in [-0.1, -0.05) is 37.0 Å². The van der Waals surface area contributed by atoms with Crippen LogP contribution in [-0.4, -0.2) is 33.0 Å². The predicted octanol–water partition coefficient (Wildman–Crippen LogP) is 3.89. The van der Waals surface area contributed by atoms with Crippen molar-refractivity contribution in [3.05, 3.63) is 32.6 Å². The van der Waals surface area contributed by atoms with E-state index in [1.807, 2.05) is 13.8 Å². The number of likely N-dealkylation sites (N-methyl/N-ethyl adjacent to an activating group) is 1. The first-order valence-electron chi connectivity index (χ1n) is 6.07. The minimum absolute atomic E-state index is 0. The second-order valence-electron chi connectivity index (χ2n) is 4.38. The largest absolute Gasteiger partial charge is 0.299 e. The number of benzene rings is 1. The molecule has 0 saturated carbocycles. The summed E-state index contributed by atoms with van der Waals surface area (Å²) in [5.74, 6) is 0. The monoisotopic (exact) mass is 355 g/mol. The Labute approximate surface area is 135 Å². The molecule has 0 amide bonds. The third kappa shape index (κ3) is 3.15. The van der Waals surface area contributed by atoms with Gasteiger partial charge in [-0.2, -0.15) is 0 Å². The highest BCUT2D eigenvalue weighted by Gasteiger charge is 2.31. The molecule has 1 aromatic carbocycles. The molecule has 0 saturated heterocycles. The lowest BCUT2D eigenvalue weighted by atomic mass is 10.2. The molecule has 1 aliphatic heterocycles. The second-order valence-corrected chi connectivity index (χ2v) is 7.17. The summed E-state index contributed by atoms with van der Waals surface area (Å²) in [6, 6.07) is 3.03. The lowest BCUT2D eigenvalue weighted by Crippen LogP contribution is -2.26. The number of rotatable bonds is 4. The van der Waals surface area contributed by atoms with Crippen LogP contribution in [0.25, 0.3) is 6.08 Å². The van der Waals surface area contributed by atoms with E-state index in [2.05, 4.69) is 4.90 Å². The van der Waals surface area contributed by atoms with Gasteiger partial charge in [0.1, 0.15) is 0 Å². The van der Waals surface area contributed by atoms with E-state index >= 15 is 0 Å². The average molecular weight is 357 g/mol. The van der Waals surface area contributed by atoms with E-state index in [9.17, 15) is 8.42 Å². The highest BCUT2D eigenvalue weighted by atomic mass is 35.5. The molecule has 0 radical (unpaired) electrons. The van der Waals surface area contributed by atoms with Crippen molar-refractivity contribution in [3.8, 4) is 0 Å². The van der Waals surface area contributed by atoms with Crippen LogP contribution in [0, 0.1) is 0 Å². The topological polar surface area (TPSA) is 37.4 Å². The van der Waals surface area contributed by atoms with Gasteiger partial charge in [-0.3, -0.25) is 4.90 Å². The minimum atomic E-state index is -3.42. The van der Waals surface area contributed by atoms with E-state index in [4.69, 9.17) is 23.2 Å². The van der Waals surface area contributed by atoms with Crippen LogP contribution in [-0.2, 0) is 9.84 Å². The van der Waals surface area contributed by atoms with Crippen LogP contribution >= 0.6 is 35.6 Å². The Balaban J connectivity index is 0.00000200. The standard InChI is InChI=1S/C13H15Cl2NO2S.ClH/c1-3-16(4-2)8-10-5-9-6-11(14)12(15)7-13(9)19(10,17)18;/h5-7H,3-4,8H2,1-2H3;1H. The first-order chi connectivity index (χ1) is 8.90. The maximum Gasteiger partial charge on any atom is 0.204 e. The molecule has 1 aromatic rings. The molecule has 0 spiro atoms. The molecule has 112 valence electrons. The van der Waals surface area contributed by atoms with Gasteiger partial charge in [0.05, 0.1) is 19.8 Å². The molecule has 1 aliphatic rings. The van der Waals surface area contributed by atoms with Crippen molar-refractivity contribution in [2.75, 3.05) is 19.6 Å². The number of hydrogen-bond acceptors (Lipinski definition) is 3. The maximum atomic E-state index is 12.4. The first kappa shape index (κ1) is 17.8. The zero-order chi connectivity index (χ0) is 14.2. The van der Waals surface area contributed by atoms with Crippen LogP contribution in [0.15, 0.2) is 21.9 Å². The van der Waals surface area contributed by atoms with E-state index in [1.54, 1.807) is 12.1 Å². The van der Waals surface area contributed by atoms with Crippen molar-refractivity contribution < 1.29 is 8.42 Å². The molecule has 7 heteroatoms. The van der Waals surface area contributed by atoms with Gasteiger partial charge in [-0.15, -0.1) is 12.4 Å². The normalized spacial score (nSPS) is 15.8. The summed E-state index contributed by atoms with van der Waals surface area (Å²) in [6.45, 7) is 6.04. The van der Waals surface area contributed by atoms with Crippen molar-refractivity contribution in [2.45, 2.75) is 18.7 Å². The Hall–Kier alpha value is -0.260. The summed E-state index contributed by atoms with van der Waals surface area (Å²) in [4.78, 5) is 2.71. The van der Waals surface area contributed by atoms with Gasteiger partial charge in [0.2, 0.25) is 9.84 Å². The molecule has 0 N–H and O–H groups in total. The van der Waals surface area contributed by atoms with Crippen LogP contribution < -0.4 is 0 Å². The molecule has 0 atom stereocenters. The molecule has 1 heterocycles. The Kier molecular flexibility index (Phi) is 5.93. The fraction of sp³-hybridized carbons (Fsp3) is 0.385. The first-order valence-corrected chi connectivity index (χ1v) is 8.31. The minimum Gasteiger partial charge on any atom is -0.299 e. The van der Waals surface area contributed by atoms with Crippen LogP contribution in [0.2, 0.25) is 10.0 Å². The van der Waals surface area contributed by atoms with Gasteiger partial charge in [-0.05, 0) is 36.9 Å². The molecular formula is C13H16Cl3NO2S. The summed E-state index contributed by atoms with van der Waals surface area (Å²) < 4.78 is 24.8. The zero-order valence-electron chi connectivity index (χ0n) is 11.2. The summed E-state index contributed by atoms with van der Waals surface area (Å²) in [5.41, 5.74) is 0.622. The smallest absolute Gasteiger partial charge is 0.204 e. The Morgan fingerprint density at radius 1 is 1.10 bits per heavy atom. The molecule has 0 bridgehead atoms. The molecule has 2 rings (SSSR count). The number of halogens is 3. The fourth-order valence-electron chi connectivity index (χ4n) is 2.08. The quantitative estimate of drug-likeness (QED) is 0.821. The van der Waals surface area contributed by atoms with Crippen molar-refractivity contribution in [1.82, 2.24) is 4.90 Å². The van der Waals surface area contributed by atoms with Gasteiger partial charge in [0.15, 0.2) is 0 Å². The van der Waals surface area contributed by atoms with Gasteiger partial charge >= 0.3 is 0 Å². The third-order valence-electron chi connectivity index (χ3n) is 3.28. The van der Waals surface area contributed by atoms with E-state index in [1.165, 1.54) is 6.07 Å². The molecular weight excluding hydrogens is 341 g/mol. The summed E-state index contributed by atoms with van der Waals surface area (Å²) in [5, 5.41) is 0.637. The van der Waals surface area contributed by atoms with Crippen molar-refractivity contribution in [2.24, 2.45) is 0 Å². The van der Waals surface area contributed by atoms with Crippen LogP contribution in [0.5, 0.6) is 0 Å². The Morgan fingerprint density at radius 2 is 1.65 bits per heavy atom. The molecule has 3 nitrogen and oxygen atoms in total. The van der Waals surface area contributed by atoms with E-state index in [0.717, 1.165) is 13.1 Å². The van der Waals surface area contributed by atoms with Crippen molar-refractivity contribution in [1.29, 1.82) is 0 Å². The highest BCUT2D eigenvalue weighted by Crippen LogP contribution is 2.37. The van der Waals surface area contributed by atoms with Crippen molar-refractivity contribution >= 4 is 51.5 Å². The number of hydrogen-bond donors (Lipinski definition) is 0. The lowest BCUT2D eigenvalue weighted by Gasteiger charge is -2.18. The number of fused-ring (bicyclic) bond motifs is 1. The van der Waals surface area contributed by atoms with Gasteiger partial charge in [0, 0.05) is 6.54 Å². The van der Waals surface area contributed by atoms with E-state index < -0.39 is 9.84 Å². The zero-order valence-corrected chi connectivity index (χ0v) is 14.3. The average Bonchev–Trinajstić information content (AvgIpc) is 2.59. The maximum absolute atomic E-state index is 12.4. The molecule has 0 fully saturated rings. The van der Waals surface area contributed by atoms with Gasteiger partial charge < -0.3 is 0 Å². The van der Waals surface area contributed by atoms with Crippen molar-refractivity contribution in [3.63, 3.8) is 0 Å². The molecule has 0 unspecified atom stereocenters. The Morgan fingerprint density at radius 3 is 2.20 bits per heavy atom. The van der Waals surface area contributed by atoms with E-state index in [-0.39, 0.29) is 22.3 Å². The highest BCUT2D eigenvalue weighted by molar-refractivity contribution is 7.95. The van der Waals surface area contributed by atoms with Crippen LogP contribution in [0.3, 0.4) is 0 Å². The Bertz CT molecular complexity index is 637. The summed E-state index contributed by atoms with van der Waals surface area (Å²) in [7, 11) is -3.42. The van der Waals surface area contributed by atoms with E-state index in [0.29, 0.717) is 22.0 Å². The third-order valence-corrected chi connectivity index (χ3v) is 5.87. The fourth-order valence-corrected chi connectivity index (χ4v) is 4.10. The SMILES string of the molecule is CCN(CC)CC1=Cc2cc(Cl)c(Cl)cc2S1(=O)=O.Cl.